The van der Waals surface area contributed by atoms with Crippen molar-refractivity contribution in [2.24, 2.45) is 5.41 Å². The maximum absolute atomic E-state index is 13.0. The normalized spacial score (nSPS) is 11.0. The van der Waals surface area contributed by atoms with Crippen molar-refractivity contribution in [3.05, 3.63) is 53.6 Å². The molecule has 1 aromatic heterocycles. The second-order valence-electron chi connectivity index (χ2n) is 6.40. The van der Waals surface area contributed by atoms with E-state index in [-0.39, 0.29) is 11.2 Å². The van der Waals surface area contributed by atoms with Gasteiger partial charge in [-0.3, -0.25) is 0 Å². The van der Waals surface area contributed by atoms with Gasteiger partial charge in [0.2, 0.25) is 5.95 Å². The van der Waals surface area contributed by atoms with Gasteiger partial charge in [0.1, 0.15) is 17.6 Å². The van der Waals surface area contributed by atoms with Gasteiger partial charge in [0.05, 0.1) is 0 Å². The molecule has 5 heteroatoms. The molecule has 0 aliphatic rings. The zero-order chi connectivity index (χ0) is 16.2. The lowest BCUT2D eigenvalue weighted by Gasteiger charge is -2.30. The first-order valence-corrected chi connectivity index (χ1v) is 7.10. The lowest BCUT2D eigenvalue weighted by atomic mass is 9.96. The minimum absolute atomic E-state index is 0.0338. The van der Waals surface area contributed by atoms with Crippen molar-refractivity contribution in [3.8, 4) is 6.07 Å². The first kappa shape index (κ1) is 15.9. The van der Waals surface area contributed by atoms with E-state index in [1.54, 1.807) is 24.4 Å². The highest BCUT2D eigenvalue weighted by atomic mass is 19.1. The van der Waals surface area contributed by atoms with E-state index in [0.29, 0.717) is 18.2 Å². The molecule has 2 aromatic rings. The molecule has 0 aliphatic heterocycles. The summed E-state index contributed by atoms with van der Waals surface area (Å²) < 4.78 is 13.0. The average molecular weight is 298 g/mol. The average Bonchev–Trinajstić information content (AvgIpc) is 2.47. The number of nitrogens with zero attached hydrogens (tertiary/aromatic N) is 4. The largest absolute Gasteiger partial charge is 0.336 e. The maximum Gasteiger partial charge on any atom is 0.226 e. The number of hydrogen-bond acceptors (Lipinski definition) is 4. The van der Waals surface area contributed by atoms with Crippen LogP contribution in [0.15, 0.2) is 36.5 Å². The minimum atomic E-state index is -0.256. The first-order valence-electron chi connectivity index (χ1n) is 7.10. The molecule has 4 nitrogen and oxygen atoms in total. The Morgan fingerprint density at radius 2 is 1.86 bits per heavy atom. The minimum Gasteiger partial charge on any atom is -0.336 e. The fourth-order valence-electron chi connectivity index (χ4n) is 2.14. The highest BCUT2D eigenvalue weighted by Crippen LogP contribution is 2.21. The number of hydrogen-bond donors (Lipinski definition) is 0. The van der Waals surface area contributed by atoms with Crippen LogP contribution in [0.5, 0.6) is 0 Å². The molecule has 22 heavy (non-hydrogen) atoms. The zero-order valence-electron chi connectivity index (χ0n) is 13.0. The summed E-state index contributed by atoms with van der Waals surface area (Å²) >= 11 is 0. The molecular formula is C17H19FN4. The van der Waals surface area contributed by atoms with Crippen molar-refractivity contribution in [2.45, 2.75) is 27.3 Å². The van der Waals surface area contributed by atoms with Gasteiger partial charge in [-0.2, -0.15) is 5.26 Å². The molecule has 0 saturated heterocycles. The van der Waals surface area contributed by atoms with Gasteiger partial charge in [0.25, 0.3) is 0 Å². The van der Waals surface area contributed by atoms with Gasteiger partial charge in [-0.25, -0.2) is 14.4 Å². The molecule has 0 spiro atoms. The van der Waals surface area contributed by atoms with Crippen molar-refractivity contribution in [2.75, 3.05) is 11.4 Å². The van der Waals surface area contributed by atoms with Crippen LogP contribution in [0, 0.1) is 22.6 Å². The molecule has 2 rings (SSSR count). The van der Waals surface area contributed by atoms with E-state index in [1.165, 1.54) is 12.1 Å². The van der Waals surface area contributed by atoms with Crippen LogP contribution in [0.3, 0.4) is 0 Å². The van der Waals surface area contributed by atoms with Crippen molar-refractivity contribution in [1.82, 2.24) is 9.97 Å². The van der Waals surface area contributed by atoms with Gasteiger partial charge < -0.3 is 4.90 Å². The Labute approximate surface area is 130 Å². The fraction of sp³-hybridized carbons (Fsp3) is 0.353. The molecule has 0 unspecified atom stereocenters. The monoisotopic (exact) mass is 298 g/mol. The molecule has 1 aromatic carbocycles. The van der Waals surface area contributed by atoms with Crippen LogP contribution in [0.2, 0.25) is 0 Å². The zero-order valence-corrected chi connectivity index (χ0v) is 13.0. The summed E-state index contributed by atoms with van der Waals surface area (Å²) in [6.45, 7) is 7.65. The summed E-state index contributed by atoms with van der Waals surface area (Å²) in [6, 6.07) is 9.99. The van der Waals surface area contributed by atoms with E-state index in [0.717, 1.165) is 12.1 Å². The highest BCUT2D eigenvalue weighted by Gasteiger charge is 2.19. The Morgan fingerprint density at radius 1 is 1.18 bits per heavy atom. The van der Waals surface area contributed by atoms with E-state index in [2.05, 4.69) is 30.7 Å². The van der Waals surface area contributed by atoms with E-state index in [4.69, 9.17) is 5.26 Å². The summed E-state index contributed by atoms with van der Waals surface area (Å²) in [4.78, 5) is 10.6. The molecule has 0 radical (unpaired) electrons. The summed E-state index contributed by atoms with van der Waals surface area (Å²) in [5.74, 6) is 0.257. The number of halogens is 1. The Balaban J connectivity index is 2.29. The van der Waals surface area contributed by atoms with Crippen LogP contribution in [-0.2, 0) is 6.54 Å². The van der Waals surface area contributed by atoms with Crippen molar-refractivity contribution >= 4 is 5.95 Å². The highest BCUT2D eigenvalue weighted by molar-refractivity contribution is 5.35. The van der Waals surface area contributed by atoms with Gasteiger partial charge in [0, 0.05) is 19.3 Å². The maximum atomic E-state index is 13.0. The van der Waals surface area contributed by atoms with E-state index < -0.39 is 0 Å². The summed E-state index contributed by atoms with van der Waals surface area (Å²) in [6.07, 6.45) is 1.58. The summed E-state index contributed by atoms with van der Waals surface area (Å²) in [5, 5.41) is 9.00. The Bertz CT molecular complexity index is 668. The lowest BCUT2D eigenvalue weighted by Crippen LogP contribution is -2.33. The number of rotatable bonds is 4. The van der Waals surface area contributed by atoms with Crippen molar-refractivity contribution in [1.29, 1.82) is 5.26 Å². The number of benzene rings is 1. The van der Waals surface area contributed by atoms with Crippen LogP contribution < -0.4 is 4.90 Å². The third-order valence-electron chi connectivity index (χ3n) is 2.99. The molecule has 114 valence electrons. The van der Waals surface area contributed by atoms with Crippen LogP contribution in [-0.4, -0.2) is 16.5 Å². The Kier molecular flexibility index (Phi) is 4.71. The van der Waals surface area contributed by atoms with E-state index in [9.17, 15) is 4.39 Å². The first-order chi connectivity index (χ1) is 10.4. The van der Waals surface area contributed by atoms with Gasteiger partial charge in [-0.1, -0.05) is 32.9 Å². The number of anilines is 1. The Hall–Kier alpha value is -2.48. The lowest BCUT2D eigenvalue weighted by molar-refractivity contribution is 0.405. The van der Waals surface area contributed by atoms with Crippen LogP contribution in [0.1, 0.15) is 32.0 Å². The van der Waals surface area contributed by atoms with Gasteiger partial charge >= 0.3 is 0 Å². The van der Waals surface area contributed by atoms with Crippen molar-refractivity contribution < 1.29 is 4.39 Å². The molecule has 0 N–H and O–H groups in total. The molecule has 0 saturated carbocycles. The predicted molar refractivity (Wildman–Crippen MR) is 83.7 cm³/mol. The molecule has 0 bridgehead atoms. The SMILES string of the molecule is CC(C)(C)CN(Cc1ccc(F)cc1)c1nccc(C#N)n1. The van der Waals surface area contributed by atoms with Gasteiger partial charge in [-0.05, 0) is 29.2 Å². The van der Waals surface area contributed by atoms with Crippen LogP contribution in [0.25, 0.3) is 0 Å². The predicted octanol–water partition coefficient (Wildman–Crippen LogP) is 3.54. The molecule has 1 heterocycles. The summed E-state index contributed by atoms with van der Waals surface area (Å²) in [7, 11) is 0. The topological polar surface area (TPSA) is 52.8 Å². The van der Waals surface area contributed by atoms with Crippen LogP contribution >= 0.6 is 0 Å². The van der Waals surface area contributed by atoms with Gasteiger partial charge in [-0.15, -0.1) is 0 Å². The molecule has 0 fully saturated rings. The van der Waals surface area contributed by atoms with E-state index in [1.807, 2.05) is 11.0 Å². The quantitative estimate of drug-likeness (QED) is 0.866. The number of nitriles is 1. The molecule has 0 atom stereocenters. The third kappa shape index (κ3) is 4.52. The second kappa shape index (κ2) is 6.52. The molecular weight excluding hydrogens is 279 g/mol. The fourth-order valence-corrected chi connectivity index (χ4v) is 2.14. The smallest absolute Gasteiger partial charge is 0.226 e. The second-order valence-corrected chi connectivity index (χ2v) is 6.40. The van der Waals surface area contributed by atoms with Gasteiger partial charge in [0.15, 0.2) is 0 Å². The van der Waals surface area contributed by atoms with E-state index >= 15 is 0 Å². The van der Waals surface area contributed by atoms with Crippen LogP contribution in [0.4, 0.5) is 10.3 Å². The summed E-state index contributed by atoms with van der Waals surface area (Å²) in [5.41, 5.74) is 1.34. The molecule has 0 amide bonds. The standard InChI is InChI=1S/C17H19FN4/c1-17(2,3)12-22(11-13-4-6-14(18)7-5-13)16-20-9-8-15(10-19)21-16/h4-9H,11-12H2,1-3H3. The number of aromatic nitrogens is 2. The third-order valence-corrected chi connectivity index (χ3v) is 2.99. The molecule has 0 aliphatic carbocycles. The van der Waals surface area contributed by atoms with Crippen molar-refractivity contribution in [3.63, 3.8) is 0 Å². The Morgan fingerprint density at radius 3 is 2.45 bits per heavy atom.